The van der Waals surface area contributed by atoms with Gasteiger partial charge in [-0.25, -0.2) is 0 Å². The zero-order chi connectivity index (χ0) is 17.8. The van der Waals surface area contributed by atoms with Crippen molar-refractivity contribution in [2.24, 2.45) is 7.05 Å². The van der Waals surface area contributed by atoms with Gasteiger partial charge in [-0.1, -0.05) is 29.8 Å². The van der Waals surface area contributed by atoms with Crippen molar-refractivity contribution in [1.29, 1.82) is 0 Å². The quantitative estimate of drug-likeness (QED) is 0.909. The van der Waals surface area contributed by atoms with Crippen LogP contribution in [0.5, 0.6) is 0 Å². The molecule has 134 valence electrons. The van der Waals surface area contributed by atoms with Crippen LogP contribution in [-0.4, -0.2) is 39.2 Å². The molecule has 25 heavy (non-hydrogen) atoms. The van der Waals surface area contributed by atoms with Crippen LogP contribution in [0.15, 0.2) is 36.5 Å². The molecule has 1 aromatic heterocycles. The molecule has 1 aromatic carbocycles. The molecule has 2 heterocycles. The third kappa shape index (κ3) is 4.28. The lowest BCUT2D eigenvalue weighted by Gasteiger charge is -2.41. The van der Waals surface area contributed by atoms with Crippen molar-refractivity contribution in [3.8, 4) is 0 Å². The first kappa shape index (κ1) is 17.7. The van der Waals surface area contributed by atoms with Crippen molar-refractivity contribution in [1.82, 2.24) is 20.0 Å². The summed E-state index contributed by atoms with van der Waals surface area (Å²) in [6, 6.07) is 11.2. The van der Waals surface area contributed by atoms with Crippen LogP contribution >= 0.6 is 0 Å². The number of aryl methyl sites for hydroxylation is 2. The van der Waals surface area contributed by atoms with Gasteiger partial charge in [-0.2, -0.15) is 5.10 Å². The summed E-state index contributed by atoms with van der Waals surface area (Å²) in [4.78, 5) is 14.2. The Morgan fingerprint density at radius 3 is 2.68 bits per heavy atom. The number of aromatic nitrogens is 2. The number of benzene rings is 1. The first-order valence-corrected chi connectivity index (χ1v) is 9.07. The van der Waals surface area contributed by atoms with Gasteiger partial charge in [0.25, 0.3) is 0 Å². The second-order valence-corrected chi connectivity index (χ2v) is 7.05. The highest BCUT2D eigenvalue weighted by molar-refractivity contribution is 5.73. The average Bonchev–Trinajstić information content (AvgIpc) is 3.00. The van der Waals surface area contributed by atoms with Crippen LogP contribution in [0, 0.1) is 6.92 Å². The molecular weight excluding hydrogens is 312 g/mol. The predicted molar refractivity (Wildman–Crippen MR) is 99.1 cm³/mol. The maximum absolute atomic E-state index is 12.2. The van der Waals surface area contributed by atoms with E-state index in [1.54, 1.807) is 6.92 Å². The van der Waals surface area contributed by atoms with E-state index in [0.717, 1.165) is 38.0 Å². The Kier molecular flexibility index (Phi) is 5.53. The first-order valence-electron chi connectivity index (χ1n) is 9.07. The van der Waals surface area contributed by atoms with E-state index >= 15 is 0 Å². The Balaban J connectivity index is 1.74. The number of carbonyl (C=O) groups is 1. The van der Waals surface area contributed by atoms with Crippen LogP contribution in [-0.2, 0) is 24.8 Å². The van der Waals surface area contributed by atoms with Gasteiger partial charge in [0.05, 0.1) is 11.7 Å². The maximum atomic E-state index is 12.2. The zero-order valence-electron chi connectivity index (χ0n) is 15.4. The molecular formula is C20H28N4O. The minimum Gasteiger partial charge on any atom is -0.338 e. The fourth-order valence-corrected chi connectivity index (χ4v) is 3.71. The molecule has 0 bridgehead atoms. The molecule has 1 saturated heterocycles. The van der Waals surface area contributed by atoms with E-state index in [4.69, 9.17) is 0 Å². The number of hydrogen-bond acceptors (Lipinski definition) is 3. The zero-order valence-corrected chi connectivity index (χ0v) is 15.4. The Bertz CT molecular complexity index is 707. The third-order valence-corrected chi connectivity index (χ3v) is 5.22. The van der Waals surface area contributed by atoms with E-state index in [2.05, 4.69) is 41.6 Å². The molecule has 3 rings (SSSR count). The lowest BCUT2D eigenvalue weighted by molar-refractivity contribution is -0.133. The highest BCUT2D eigenvalue weighted by Gasteiger charge is 2.32. The molecule has 1 amide bonds. The summed E-state index contributed by atoms with van der Waals surface area (Å²) in [5.74, 6) is 0.171. The van der Waals surface area contributed by atoms with E-state index in [1.807, 2.05) is 28.9 Å². The summed E-state index contributed by atoms with van der Waals surface area (Å²) < 4.78 is 1.90. The van der Waals surface area contributed by atoms with Crippen LogP contribution in [0.4, 0.5) is 0 Å². The third-order valence-electron chi connectivity index (χ3n) is 5.22. The van der Waals surface area contributed by atoms with Crippen molar-refractivity contribution in [3.63, 3.8) is 0 Å². The summed E-state index contributed by atoms with van der Waals surface area (Å²) in [7, 11) is 1.96. The minimum atomic E-state index is 0.171. The number of piperidine rings is 1. The van der Waals surface area contributed by atoms with E-state index in [9.17, 15) is 4.79 Å². The molecule has 1 aliphatic rings. The van der Waals surface area contributed by atoms with E-state index in [-0.39, 0.29) is 11.9 Å². The molecule has 1 N–H and O–H groups in total. The van der Waals surface area contributed by atoms with Crippen LogP contribution in [0.3, 0.4) is 0 Å². The highest BCUT2D eigenvalue weighted by atomic mass is 16.2. The lowest BCUT2D eigenvalue weighted by atomic mass is 9.90. The van der Waals surface area contributed by atoms with Gasteiger partial charge in [-0.15, -0.1) is 0 Å². The van der Waals surface area contributed by atoms with Crippen LogP contribution in [0.2, 0.25) is 0 Å². The van der Waals surface area contributed by atoms with Crippen LogP contribution in [0.1, 0.15) is 36.6 Å². The van der Waals surface area contributed by atoms with E-state index in [0.29, 0.717) is 6.04 Å². The standard InChI is InChI=1S/C20H28N4O/c1-15-6-8-17(9-7-15)13-20-19(5-4-12-24(20)16(2)25)21-14-18-10-11-22-23(18)3/h6-11,19-21H,4-5,12-14H2,1-3H3/t19-,20-/m0/s1. The molecule has 0 saturated carbocycles. The molecule has 0 spiro atoms. The molecule has 2 atom stereocenters. The van der Waals surface area contributed by atoms with Crippen LogP contribution in [0.25, 0.3) is 0 Å². The molecule has 0 unspecified atom stereocenters. The summed E-state index contributed by atoms with van der Waals surface area (Å²) in [6.45, 7) is 5.42. The molecule has 2 aromatic rings. The molecule has 0 aliphatic carbocycles. The Morgan fingerprint density at radius 1 is 1.28 bits per heavy atom. The number of likely N-dealkylation sites (tertiary alicyclic amines) is 1. The SMILES string of the molecule is CC(=O)N1CCC[C@H](NCc2ccnn2C)[C@@H]1Cc1ccc(C)cc1. The second-order valence-electron chi connectivity index (χ2n) is 7.05. The van der Waals surface area contributed by atoms with E-state index < -0.39 is 0 Å². The lowest BCUT2D eigenvalue weighted by Crippen LogP contribution is -2.56. The Hall–Kier alpha value is -2.14. The molecule has 5 nitrogen and oxygen atoms in total. The van der Waals surface area contributed by atoms with Crippen molar-refractivity contribution >= 4 is 5.91 Å². The minimum absolute atomic E-state index is 0.171. The smallest absolute Gasteiger partial charge is 0.219 e. The van der Waals surface area contributed by atoms with Crippen molar-refractivity contribution < 1.29 is 4.79 Å². The van der Waals surface area contributed by atoms with Gasteiger partial charge in [0.15, 0.2) is 0 Å². The summed E-state index contributed by atoms with van der Waals surface area (Å²) >= 11 is 0. The molecule has 1 aliphatic heterocycles. The number of hydrogen-bond donors (Lipinski definition) is 1. The summed E-state index contributed by atoms with van der Waals surface area (Å²) in [5, 5.41) is 7.91. The van der Waals surface area contributed by atoms with Crippen molar-refractivity contribution in [2.45, 2.75) is 51.7 Å². The van der Waals surface area contributed by atoms with Gasteiger partial charge in [0, 0.05) is 39.3 Å². The van der Waals surface area contributed by atoms with Crippen molar-refractivity contribution in [3.05, 3.63) is 53.3 Å². The largest absolute Gasteiger partial charge is 0.338 e. The molecule has 0 radical (unpaired) electrons. The van der Waals surface area contributed by atoms with Crippen LogP contribution < -0.4 is 5.32 Å². The monoisotopic (exact) mass is 340 g/mol. The maximum Gasteiger partial charge on any atom is 0.219 e. The first-order chi connectivity index (χ1) is 12.0. The number of rotatable bonds is 5. The summed E-state index contributed by atoms with van der Waals surface area (Å²) in [6.07, 6.45) is 4.86. The molecule has 1 fully saturated rings. The summed E-state index contributed by atoms with van der Waals surface area (Å²) in [5.41, 5.74) is 3.71. The fourth-order valence-electron chi connectivity index (χ4n) is 3.71. The topological polar surface area (TPSA) is 50.2 Å². The average molecular weight is 340 g/mol. The highest BCUT2D eigenvalue weighted by Crippen LogP contribution is 2.22. The van der Waals surface area contributed by atoms with Gasteiger partial charge in [0.1, 0.15) is 0 Å². The van der Waals surface area contributed by atoms with Gasteiger partial charge >= 0.3 is 0 Å². The Morgan fingerprint density at radius 2 is 2.04 bits per heavy atom. The van der Waals surface area contributed by atoms with E-state index in [1.165, 1.54) is 11.1 Å². The number of nitrogens with zero attached hydrogens (tertiary/aromatic N) is 3. The Labute approximate surface area is 150 Å². The number of nitrogens with one attached hydrogen (secondary N) is 1. The van der Waals surface area contributed by atoms with Gasteiger partial charge in [-0.05, 0) is 37.8 Å². The normalized spacial score (nSPS) is 20.7. The van der Waals surface area contributed by atoms with Crippen molar-refractivity contribution in [2.75, 3.05) is 6.54 Å². The fraction of sp³-hybridized carbons (Fsp3) is 0.500. The second kappa shape index (κ2) is 7.83. The van der Waals surface area contributed by atoms with Gasteiger partial charge < -0.3 is 10.2 Å². The predicted octanol–water partition coefficient (Wildman–Crippen LogP) is 2.44. The number of carbonyl (C=O) groups excluding carboxylic acids is 1. The number of amides is 1. The van der Waals surface area contributed by atoms with Gasteiger partial charge in [-0.3, -0.25) is 9.48 Å². The van der Waals surface area contributed by atoms with Gasteiger partial charge in [0.2, 0.25) is 5.91 Å². The molecule has 5 heteroatoms.